The van der Waals surface area contributed by atoms with E-state index in [1.807, 2.05) is 0 Å². The van der Waals surface area contributed by atoms with Crippen molar-refractivity contribution in [2.24, 2.45) is 5.10 Å². The number of nitro groups is 1. The molecule has 0 heterocycles. The Labute approximate surface area is 182 Å². The van der Waals surface area contributed by atoms with E-state index in [1.165, 1.54) is 60.8 Å². The Bertz CT molecular complexity index is 1170. The van der Waals surface area contributed by atoms with Crippen LogP contribution in [-0.2, 0) is 4.79 Å². The van der Waals surface area contributed by atoms with Crippen molar-refractivity contribution >= 4 is 29.8 Å². The Hall–Kier alpha value is -4.66. The molecular weight excluding hydrogens is 415 g/mol. The van der Waals surface area contributed by atoms with Crippen molar-refractivity contribution in [3.8, 4) is 0 Å². The molecule has 0 aromatic heterocycles. The normalized spacial score (nSPS) is 11.2. The zero-order valence-electron chi connectivity index (χ0n) is 16.6. The molecule has 32 heavy (non-hydrogen) atoms. The van der Waals surface area contributed by atoms with Crippen LogP contribution in [0.15, 0.2) is 89.7 Å². The highest BCUT2D eigenvalue weighted by Gasteiger charge is 2.14. The zero-order chi connectivity index (χ0) is 22.9. The van der Waals surface area contributed by atoms with Crippen molar-refractivity contribution in [2.75, 3.05) is 0 Å². The first kappa shape index (κ1) is 22.0. The lowest BCUT2D eigenvalue weighted by atomic mass is 10.1. The van der Waals surface area contributed by atoms with Crippen LogP contribution in [0.4, 0.5) is 10.1 Å². The van der Waals surface area contributed by atoms with Gasteiger partial charge in [0.15, 0.2) is 0 Å². The van der Waals surface area contributed by atoms with Gasteiger partial charge in [0.2, 0.25) is 0 Å². The Morgan fingerprint density at radius 1 is 0.906 bits per heavy atom. The first-order valence-electron chi connectivity index (χ1n) is 9.34. The molecule has 3 aromatic carbocycles. The number of carbonyl (C=O) groups excluding carboxylic acids is 2. The van der Waals surface area contributed by atoms with E-state index in [2.05, 4.69) is 15.8 Å². The van der Waals surface area contributed by atoms with Crippen molar-refractivity contribution in [1.82, 2.24) is 10.7 Å². The predicted octanol–water partition coefficient (Wildman–Crippen LogP) is 3.66. The lowest BCUT2D eigenvalue weighted by Gasteiger charge is -2.09. The topological polar surface area (TPSA) is 114 Å². The molecule has 0 spiro atoms. The molecule has 8 nitrogen and oxygen atoms in total. The summed E-state index contributed by atoms with van der Waals surface area (Å²) in [5.41, 5.74) is 3.42. The molecule has 3 aromatic rings. The summed E-state index contributed by atoms with van der Waals surface area (Å²) in [6.07, 6.45) is 2.69. The van der Waals surface area contributed by atoms with Gasteiger partial charge in [-0.2, -0.15) is 5.10 Å². The van der Waals surface area contributed by atoms with Gasteiger partial charge in [-0.25, -0.2) is 9.82 Å². The molecule has 0 saturated carbocycles. The van der Waals surface area contributed by atoms with Gasteiger partial charge < -0.3 is 5.32 Å². The van der Waals surface area contributed by atoms with Crippen molar-refractivity contribution in [3.63, 3.8) is 0 Å². The molecule has 0 radical (unpaired) electrons. The second kappa shape index (κ2) is 10.4. The molecule has 0 fully saturated rings. The summed E-state index contributed by atoms with van der Waals surface area (Å²) < 4.78 is 13.0. The standard InChI is InChI=1S/C23H17FN4O4/c24-19-10-6-17(7-11-19)15-25-27-23(30)21(26-22(29)18-4-2-1-3-5-18)14-16-8-12-20(13-9-16)28(31)32/h1-15H,(H,26,29)(H,27,30)/b21-14-,25-15-. The maximum Gasteiger partial charge on any atom is 0.287 e. The van der Waals surface area contributed by atoms with Crippen molar-refractivity contribution in [3.05, 3.63) is 117 Å². The van der Waals surface area contributed by atoms with E-state index in [-0.39, 0.29) is 11.4 Å². The average molecular weight is 432 g/mol. The largest absolute Gasteiger partial charge is 0.317 e. The van der Waals surface area contributed by atoms with Crippen molar-refractivity contribution in [2.45, 2.75) is 0 Å². The van der Waals surface area contributed by atoms with Crippen LogP contribution in [0, 0.1) is 15.9 Å². The highest BCUT2D eigenvalue weighted by molar-refractivity contribution is 6.05. The molecule has 0 aliphatic heterocycles. The number of hydrogen-bond donors (Lipinski definition) is 2. The van der Waals surface area contributed by atoms with E-state index in [4.69, 9.17) is 0 Å². The number of halogens is 1. The molecule has 0 saturated heterocycles. The highest BCUT2D eigenvalue weighted by atomic mass is 19.1. The van der Waals surface area contributed by atoms with Crippen LogP contribution in [-0.4, -0.2) is 23.0 Å². The quantitative estimate of drug-likeness (QED) is 0.257. The van der Waals surface area contributed by atoms with Crippen LogP contribution < -0.4 is 10.7 Å². The fraction of sp³-hybridized carbons (Fsp3) is 0. The highest BCUT2D eigenvalue weighted by Crippen LogP contribution is 2.14. The minimum atomic E-state index is -0.717. The summed E-state index contributed by atoms with van der Waals surface area (Å²) >= 11 is 0. The summed E-state index contributed by atoms with van der Waals surface area (Å²) in [5, 5.41) is 17.2. The number of nitro benzene ring substituents is 1. The third-order valence-electron chi connectivity index (χ3n) is 4.19. The molecule has 9 heteroatoms. The van der Waals surface area contributed by atoms with Crippen LogP contribution >= 0.6 is 0 Å². The Morgan fingerprint density at radius 3 is 2.16 bits per heavy atom. The summed E-state index contributed by atoms with van der Waals surface area (Å²) in [7, 11) is 0. The summed E-state index contributed by atoms with van der Waals surface area (Å²) in [6, 6.07) is 19.2. The molecule has 0 aliphatic carbocycles. The van der Waals surface area contributed by atoms with Gasteiger partial charge >= 0.3 is 0 Å². The second-order valence-corrected chi connectivity index (χ2v) is 6.48. The van der Waals surface area contributed by atoms with E-state index in [0.29, 0.717) is 16.7 Å². The molecular formula is C23H17FN4O4. The van der Waals surface area contributed by atoms with Gasteiger partial charge in [-0.3, -0.25) is 19.7 Å². The Morgan fingerprint density at radius 2 is 1.53 bits per heavy atom. The Balaban J connectivity index is 1.81. The number of carbonyl (C=O) groups is 2. The van der Waals surface area contributed by atoms with E-state index in [9.17, 15) is 24.1 Å². The van der Waals surface area contributed by atoms with Crippen LogP contribution in [0.1, 0.15) is 21.5 Å². The number of hydrazone groups is 1. The lowest BCUT2D eigenvalue weighted by Crippen LogP contribution is -2.32. The molecule has 160 valence electrons. The van der Waals surface area contributed by atoms with Gasteiger partial charge in [-0.05, 0) is 53.6 Å². The molecule has 0 aliphatic rings. The fourth-order valence-corrected chi connectivity index (χ4v) is 2.58. The van der Waals surface area contributed by atoms with Crippen LogP contribution in [0.2, 0.25) is 0 Å². The third kappa shape index (κ3) is 6.17. The summed E-state index contributed by atoms with van der Waals surface area (Å²) in [5.74, 6) is -1.63. The van der Waals surface area contributed by atoms with Gasteiger partial charge in [0, 0.05) is 17.7 Å². The maximum absolute atomic E-state index is 13.0. The van der Waals surface area contributed by atoms with E-state index >= 15 is 0 Å². The smallest absolute Gasteiger partial charge is 0.287 e. The number of non-ortho nitro benzene ring substituents is 1. The SMILES string of the molecule is O=C(N/N=C\c1ccc(F)cc1)/C(=C/c1ccc([N+](=O)[O-])cc1)NC(=O)c1ccccc1. The number of benzene rings is 3. The fourth-order valence-electron chi connectivity index (χ4n) is 2.58. The molecule has 2 N–H and O–H groups in total. The lowest BCUT2D eigenvalue weighted by molar-refractivity contribution is -0.384. The van der Waals surface area contributed by atoms with Crippen LogP contribution in [0.5, 0.6) is 0 Å². The minimum absolute atomic E-state index is 0.106. The van der Waals surface area contributed by atoms with Crippen LogP contribution in [0.25, 0.3) is 6.08 Å². The zero-order valence-corrected chi connectivity index (χ0v) is 16.6. The van der Waals surface area contributed by atoms with Gasteiger partial charge in [0.05, 0.1) is 11.1 Å². The maximum atomic E-state index is 13.0. The van der Waals surface area contributed by atoms with Crippen molar-refractivity contribution in [1.29, 1.82) is 0 Å². The second-order valence-electron chi connectivity index (χ2n) is 6.48. The minimum Gasteiger partial charge on any atom is -0.317 e. The van der Waals surface area contributed by atoms with Crippen LogP contribution in [0.3, 0.4) is 0 Å². The summed E-state index contributed by atoms with van der Waals surface area (Å²) in [6.45, 7) is 0. The van der Waals surface area contributed by atoms with E-state index < -0.39 is 22.6 Å². The van der Waals surface area contributed by atoms with Gasteiger partial charge in [-0.1, -0.05) is 30.3 Å². The van der Waals surface area contributed by atoms with E-state index in [0.717, 1.165) is 0 Å². The molecule has 2 amide bonds. The summed E-state index contributed by atoms with van der Waals surface area (Å²) in [4.78, 5) is 35.5. The first-order chi connectivity index (χ1) is 15.4. The molecule has 0 unspecified atom stereocenters. The molecule has 3 rings (SSSR count). The first-order valence-corrected chi connectivity index (χ1v) is 9.34. The Kier molecular flexibility index (Phi) is 7.16. The van der Waals surface area contributed by atoms with Crippen molar-refractivity contribution < 1.29 is 18.9 Å². The molecule has 0 atom stereocenters. The monoisotopic (exact) mass is 432 g/mol. The predicted molar refractivity (Wildman–Crippen MR) is 117 cm³/mol. The van der Waals surface area contributed by atoms with Gasteiger partial charge in [0.25, 0.3) is 17.5 Å². The number of nitrogens with zero attached hydrogens (tertiary/aromatic N) is 2. The number of hydrogen-bond acceptors (Lipinski definition) is 5. The number of nitrogens with one attached hydrogen (secondary N) is 2. The number of amides is 2. The van der Waals surface area contributed by atoms with Gasteiger partial charge in [0.1, 0.15) is 11.5 Å². The van der Waals surface area contributed by atoms with Gasteiger partial charge in [-0.15, -0.1) is 0 Å². The van der Waals surface area contributed by atoms with E-state index in [1.54, 1.807) is 30.3 Å². The number of rotatable bonds is 7. The average Bonchev–Trinajstić information content (AvgIpc) is 2.80. The third-order valence-corrected chi connectivity index (χ3v) is 4.19. The molecule has 0 bridgehead atoms.